The van der Waals surface area contributed by atoms with E-state index in [9.17, 15) is 8.42 Å². The van der Waals surface area contributed by atoms with E-state index in [1.165, 1.54) is 0 Å². The maximum absolute atomic E-state index is 13.3. The maximum Gasteiger partial charge on any atom is 0.228 e. The Kier molecular flexibility index (Phi) is 8.04. The van der Waals surface area contributed by atoms with Gasteiger partial charge in [0.2, 0.25) is 15.0 Å². The Morgan fingerprint density at radius 2 is 1.66 bits per heavy atom. The van der Waals surface area contributed by atoms with Crippen LogP contribution >= 0.6 is 12.2 Å². The highest BCUT2D eigenvalue weighted by molar-refractivity contribution is 7.90. The van der Waals surface area contributed by atoms with Crippen molar-refractivity contribution in [3.8, 4) is 0 Å². The second-order valence-electron chi connectivity index (χ2n) is 7.91. The SMILES string of the molecule is CCNC(=S)N(Cc1cnc(S(=O)(=O)Cc2ccccc2)n1Cc1ccccc1)C(C)C. The van der Waals surface area contributed by atoms with Crippen LogP contribution in [0.1, 0.15) is 37.6 Å². The van der Waals surface area contributed by atoms with Gasteiger partial charge in [-0.15, -0.1) is 0 Å². The molecule has 3 rings (SSSR count). The first kappa shape index (κ1) is 23.9. The molecule has 8 heteroatoms. The molecular weight excluding hydrogens is 440 g/mol. The van der Waals surface area contributed by atoms with Crippen molar-refractivity contribution < 1.29 is 8.42 Å². The summed E-state index contributed by atoms with van der Waals surface area (Å²) in [7, 11) is -3.64. The maximum atomic E-state index is 13.3. The molecule has 0 unspecified atom stereocenters. The zero-order valence-electron chi connectivity index (χ0n) is 18.7. The minimum absolute atomic E-state index is 0.0817. The average molecular weight is 471 g/mol. The van der Waals surface area contributed by atoms with Gasteiger partial charge in [-0.05, 0) is 44.1 Å². The first-order valence-electron chi connectivity index (χ1n) is 10.7. The van der Waals surface area contributed by atoms with E-state index >= 15 is 0 Å². The van der Waals surface area contributed by atoms with Crippen LogP contribution in [0.3, 0.4) is 0 Å². The van der Waals surface area contributed by atoms with Crippen molar-refractivity contribution in [3.63, 3.8) is 0 Å². The molecule has 32 heavy (non-hydrogen) atoms. The lowest BCUT2D eigenvalue weighted by Crippen LogP contribution is -2.43. The Hall–Kier alpha value is -2.71. The summed E-state index contributed by atoms with van der Waals surface area (Å²) < 4.78 is 28.5. The lowest BCUT2D eigenvalue weighted by Gasteiger charge is -2.30. The van der Waals surface area contributed by atoms with Crippen molar-refractivity contribution in [2.45, 2.75) is 50.8 Å². The van der Waals surface area contributed by atoms with Gasteiger partial charge in [-0.1, -0.05) is 60.7 Å². The van der Waals surface area contributed by atoms with Crippen LogP contribution in [-0.2, 0) is 28.7 Å². The fraction of sp³-hybridized carbons (Fsp3) is 0.333. The number of nitrogens with one attached hydrogen (secondary N) is 1. The third kappa shape index (κ3) is 5.95. The normalized spacial score (nSPS) is 11.5. The highest BCUT2D eigenvalue weighted by Crippen LogP contribution is 2.21. The molecule has 0 amide bonds. The highest BCUT2D eigenvalue weighted by Gasteiger charge is 2.26. The molecule has 0 aliphatic carbocycles. The Morgan fingerprint density at radius 1 is 1.06 bits per heavy atom. The minimum Gasteiger partial charge on any atom is -0.363 e. The number of thiocarbonyl (C=S) groups is 1. The van der Waals surface area contributed by atoms with Crippen molar-refractivity contribution in [1.29, 1.82) is 0 Å². The Morgan fingerprint density at radius 3 is 2.22 bits per heavy atom. The summed E-state index contributed by atoms with van der Waals surface area (Å²) >= 11 is 5.56. The summed E-state index contributed by atoms with van der Waals surface area (Å²) in [6.07, 6.45) is 1.66. The average Bonchev–Trinajstić information content (AvgIpc) is 3.16. The molecular formula is C24H30N4O2S2. The summed E-state index contributed by atoms with van der Waals surface area (Å²) in [6, 6.07) is 19.2. The van der Waals surface area contributed by atoms with Gasteiger partial charge in [0.1, 0.15) is 0 Å². The van der Waals surface area contributed by atoms with Crippen LogP contribution in [-0.4, -0.2) is 40.6 Å². The molecule has 0 radical (unpaired) electrons. The van der Waals surface area contributed by atoms with E-state index in [0.29, 0.717) is 18.2 Å². The Bertz CT molecular complexity index is 1130. The topological polar surface area (TPSA) is 67.2 Å². The van der Waals surface area contributed by atoms with E-state index in [1.54, 1.807) is 10.8 Å². The van der Waals surface area contributed by atoms with Gasteiger partial charge in [0.25, 0.3) is 0 Å². The molecule has 170 valence electrons. The number of nitrogens with zero attached hydrogens (tertiary/aromatic N) is 3. The molecule has 0 fully saturated rings. The highest BCUT2D eigenvalue weighted by atomic mass is 32.2. The summed E-state index contributed by atoms with van der Waals surface area (Å²) in [5.41, 5.74) is 2.54. The number of sulfone groups is 1. The molecule has 3 aromatic rings. The summed E-state index contributed by atoms with van der Waals surface area (Å²) in [6.45, 7) is 7.73. The van der Waals surface area contributed by atoms with E-state index < -0.39 is 9.84 Å². The quantitative estimate of drug-likeness (QED) is 0.477. The van der Waals surface area contributed by atoms with Crippen LogP contribution in [0, 0.1) is 0 Å². The van der Waals surface area contributed by atoms with Crippen LogP contribution in [0.15, 0.2) is 72.0 Å². The van der Waals surface area contributed by atoms with E-state index in [-0.39, 0.29) is 17.0 Å². The second-order valence-corrected chi connectivity index (χ2v) is 10.2. The third-order valence-corrected chi connectivity index (χ3v) is 7.08. The van der Waals surface area contributed by atoms with Crippen molar-refractivity contribution in [2.24, 2.45) is 0 Å². The van der Waals surface area contributed by atoms with Crippen molar-refractivity contribution in [2.75, 3.05) is 6.54 Å². The number of benzene rings is 2. The van der Waals surface area contributed by atoms with E-state index in [2.05, 4.69) is 24.1 Å². The summed E-state index contributed by atoms with van der Waals surface area (Å²) in [4.78, 5) is 6.43. The molecule has 6 nitrogen and oxygen atoms in total. The Balaban J connectivity index is 2.00. The van der Waals surface area contributed by atoms with Crippen LogP contribution in [0.2, 0.25) is 0 Å². The van der Waals surface area contributed by atoms with E-state index in [4.69, 9.17) is 12.2 Å². The first-order valence-corrected chi connectivity index (χ1v) is 12.8. The molecule has 0 bridgehead atoms. The second kappa shape index (κ2) is 10.7. The molecule has 0 spiro atoms. The lowest BCUT2D eigenvalue weighted by atomic mass is 10.2. The summed E-state index contributed by atoms with van der Waals surface area (Å²) in [5, 5.41) is 3.92. The van der Waals surface area contributed by atoms with Crippen LogP contribution in [0.4, 0.5) is 0 Å². The van der Waals surface area contributed by atoms with Gasteiger partial charge in [-0.25, -0.2) is 13.4 Å². The summed E-state index contributed by atoms with van der Waals surface area (Å²) in [5.74, 6) is -0.0945. The lowest BCUT2D eigenvalue weighted by molar-refractivity contribution is 0.328. The van der Waals surface area contributed by atoms with Crippen molar-refractivity contribution >= 4 is 27.2 Å². The molecule has 1 heterocycles. The zero-order valence-corrected chi connectivity index (χ0v) is 20.4. The smallest absolute Gasteiger partial charge is 0.228 e. The molecule has 0 saturated heterocycles. The van der Waals surface area contributed by atoms with Gasteiger partial charge in [0, 0.05) is 12.6 Å². The standard InChI is InChI=1S/C24H30N4O2S2/c1-4-25-23(31)27(19(2)3)17-22-15-26-24(28(22)16-20-11-7-5-8-12-20)32(29,30)18-21-13-9-6-10-14-21/h5-15,19H,4,16-18H2,1-3H3,(H,25,31). The number of aromatic nitrogens is 2. The van der Waals surface area contributed by atoms with Crippen LogP contribution in [0.5, 0.6) is 0 Å². The van der Waals surface area contributed by atoms with Gasteiger partial charge in [-0.2, -0.15) is 0 Å². The first-order chi connectivity index (χ1) is 15.3. The number of imidazole rings is 1. The third-order valence-electron chi connectivity index (χ3n) is 5.11. The molecule has 1 aromatic heterocycles. The fourth-order valence-electron chi connectivity index (χ4n) is 3.48. The zero-order chi connectivity index (χ0) is 23.1. The molecule has 1 N–H and O–H groups in total. The van der Waals surface area contributed by atoms with Crippen molar-refractivity contribution in [3.05, 3.63) is 83.7 Å². The molecule has 0 saturated carbocycles. The van der Waals surface area contributed by atoms with Gasteiger partial charge in [-0.3, -0.25) is 0 Å². The predicted molar refractivity (Wildman–Crippen MR) is 132 cm³/mol. The number of hydrogen-bond acceptors (Lipinski definition) is 4. The van der Waals surface area contributed by atoms with Gasteiger partial charge >= 0.3 is 0 Å². The van der Waals surface area contributed by atoms with E-state index in [1.807, 2.05) is 72.5 Å². The predicted octanol–water partition coefficient (Wildman–Crippen LogP) is 4.01. The minimum atomic E-state index is -3.64. The van der Waals surface area contributed by atoms with Gasteiger partial charge < -0.3 is 14.8 Å². The molecule has 0 atom stereocenters. The molecule has 0 aliphatic heterocycles. The number of rotatable bonds is 9. The van der Waals surface area contributed by atoms with Gasteiger partial charge in [0.15, 0.2) is 5.11 Å². The van der Waals surface area contributed by atoms with E-state index in [0.717, 1.165) is 23.4 Å². The Labute approximate surface area is 196 Å². The van der Waals surface area contributed by atoms with Gasteiger partial charge in [0.05, 0.1) is 30.7 Å². The van der Waals surface area contributed by atoms with Crippen LogP contribution in [0.25, 0.3) is 0 Å². The van der Waals surface area contributed by atoms with Crippen LogP contribution < -0.4 is 5.32 Å². The fourth-order valence-corrected chi connectivity index (χ4v) is 5.39. The molecule has 0 aliphatic rings. The number of hydrogen-bond donors (Lipinski definition) is 1. The van der Waals surface area contributed by atoms with Crippen molar-refractivity contribution in [1.82, 2.24) is 19.8 Å². The molecule has 2 aromatic carbocycles. The monoisotopic (exact) mass is 470 g/mol. The largest absolute Gasteiger partial charge is 0.363 e.